The molecule has 0 atom stereocenters. The van der Waals surface area contributed by atoms with Gasteiger partial charge in [-0.3, -0.25) is 9.59 Å². The second-order valence-electron chi connectivity index (χ2n) is 5.60. The number of amides is 1. The number of benzene rings is 1. The van der Waals surface area contributed by atoms with Crippen molar-refractivity contribution in [1.82, 2.24) is 9.55 Å². The van der Waals surface area contributed by atoms with Crippen molar-refractivity contribution in [3.63, 3.8) is 0 Å². The largest absolute Gasteiger partial charge is 0.506 e. The summed E-state index contributed by atoms with van der Waals surface area (Å²) in [5, 5.41) is 13.1. The lowest BCUT2D eigenvalue weighted by Gasteiger charge is -2.12. The zero-order valence-electron chi connectivity index (χ0n) is 13.7. The minimum Gasteiger partial charge on any atom is -0.506 e. The van der Waals surface area contributed by atoms with E-state index in [1.807, 2.05) is 13.8 Å². The van der Waals surface area contributed by atoms with Crippen molar-refractivity contribution in [1.29, 1.82) is 0 Å². The van der Waals surface area contributed by atoms with Gasteiger partial charge in [-0.25, -0.2) is 4.98 Å². The number of aryl methyl sites for hydroxylation is 2. The first-order valence-corrected chi connectivity index (χ1v) is 8.09. The van der Waals surface area contributed by atoms with Crippen LogP contribution in [0, 0.1) is 6.92 Å². The van der Waals surface area contributed by atoms with Gasteiger partial charge in [0.15, 0.2) is 0 Å². The van der Waals surface area contributed by atoms with Gasteiger partial charge in [0, 0.05) is 29.5 Å². The second-order valence-corrected chi connectivity index (χ2v) is 6.03. The molecule has 3 aromatic rings. The number of fused-ring (bicyclic) bond motifs is 1. The van der Waals surface area contributed by atoms with Gasteiger partial charge >= 0.3 is 0 Å². The smallest absolute Gasteiger partial charge is 0.261 e. The third-order valence-corrected chi connectivity index (χ3v) is 4.09. The van der Waals surface area contributed by atoms with E-state index in [-0.39, 0.29) is 17.0 Å². The van der Waals surface area contributed by atoms with Crippen molar-refractivity contribution < 1.29 is 9.90 Å². The van der Waals surface area contributed by atoms with Crippen LogP contribution in [0.4, 0.5) is 5.69 Å². The summed E-state index contributed by atoms with van der Waals surface area (Å²) >= 11 is 5.78. The Labute approximate surface area is 148 Å². The van der Waals surface area contributed by atoms with Crippen LogP contribution in [-0.2, 0) is 6.54 Å². The first-order valence-electron chi connectivity index (χ1n) is 7.71. The maximum atomic E-state index is 12.7. The second kappa shape index (κ2) is 6.57. The standard InChI is InChI=1S/C18H16ClN3O3/c1-3-22-9-13(16(24)12-6-4-10(2)20-17(12)22)18(25)21-14-7-5-11(19)8-15(14)23/h4-9,23H,3H2,1-2H3,(H,21,25). The highest BCUT2D eigenvalue weighted by Crippen LogP contribution is 2.26. The van der Waals surface area contributed by atoms with Gasteiger partial charge in [-0.15, -0.1) is 0 Å². The van der Waals surface area contributed by atoms with Crippen LogP contribution in [0.1, 0.15) is 23.0 Å². The number of phenolic OH excluding ortho intramolecular Hbond substituents is 1. The van der Waals surface area contributed by atoms with Gasteiger partial charge in [0.1, 0.15) is 17.0 Å². The van der Waals surface area contributed by atoms with E-state index in [9.17, 15) is 14.7 Å². The van der Waals surface area contributed by atoms with E-state index in [0.29, 0.717) is 22.6 Å². The number of carbonyl (C=O) groups excluding carboxylic acids is 1. The number of hydrogen-bond acceptors (Lipinski definition) is 4. The Morgan fingerprint density at radius 1 is 1.32 bits per heavy atom. The van der Waals surface area contributed by atoms with Crippen molar-refractivity contribution in [3.05, 3.63) is 63.0 Å². The maximum Gasteiger partial charge on any atom is 0.261 e. The Hall–Kier alpha value is -2.86. The van der Waals surface area contributed by atoms with Crippen LogP contribution < -0.4 is 10.7 Å². The normalized spacial score (nSPS) is 10.8. The Morgan fingerprint density at radius 3 is 2.76 bits per heavy atom. The minimum absolute atomic E-state index is 0.0191. The van der Waals surface area contributed by atoms with E-state index < -0.39 is 11.3 Å². The summed E-state index contributed by atoms with van der Waals surface area (Å²) in [5.74, 6) is -0.776. The van der Waals surface area contributed by atoms with Gasteiger partial charge in [0.2, 0.25) is 5.43 Å². The molecule has 0 bridgehead atoms. The molecule has 0 saturated carbocycles. The summed E-state index contributed by atoms with van der Waals surface area (Å²) in [6, 6.07) is 7.72. The van der Waals surface area contributed by atoms with Crippen molar-refractivity contribution in [2.24, 2.45) is 0 Å². The average molecular weight is 358 g/mol. The summed E-state index contributed by atoms with van der Waals surface area (Å²) in [7, 11) is 0. The Balaban J connectivity index is 2.08. The monoisotopic (exact) mass is 357 g/mol. The molecule has 0 spiro atoms. The molecule has 2 heterocycles. The zero-order chi connectivity index (χ0) is 18.1. The summed E-state index contributed by atoms with van der Waals surface area (Å²) in [4.78, 5) is 29.6. The number of hydrogen-bond donors (Lipinski definition) is 2. The molecule has 1 amide bonds. The Bertz CT molecular complexity index is 1040. The number of carbonyl (C=O) groups is 1. The Morgan fingerprint density at radius 2 is 2.08 bits per heavy atom. The van der Waals surface area contributed by atoms with Crippen LogP contribution in [0.5, 0.6) is 5.75 Å². The number of halogens is 1. The third kappa shape index (κ3) is 3.21. The quantitative estimate of drug-likeness (QED) is 0.704. The van der Waals surface area contributed by atoms with Crippen LogP contribution in [0.25, 0.3) is 11.0 Å². The highest BCUT2D eigenvalue weighted by atomic mass is 35.5. The van der Waals surface area contributed by atoms with Crippen molar-refractivity contribution in [2.75, 3.05) is 5.32 Å². The SMILES string of the molecule is CCn1cc(C(=O)Nc2ccc(Cl)cc2O)c(=O)c2ccc(C)nc21. The molecule has 0 aliphatic carbocycles. The van der Waals surface area contributed by atoms with Gasteiger partial charge in [0.05, 0.1) is 11.1 Å². The van der Waals surface area contributed by atoms with Crippen molar-refractivity contribution in [2.45, 2.75) is 20.4 Å². The lowest BCUT2D eigenvalue weighted by molar-refractivity contribution is 0.102. The number of pyridine rings is 2. The third-order valence-electron chi connectivity index (χ3n) is 3.85. The summed E-state index contributed by atoms with van der Waals surface area (Å²) in [6.45, 7) is 4.30. The first kappa shape index (κ1) is 17.0. The molecule has 0 aliphatic heterocycles. The molecule has 2 aromatic heterocycles. The fourth-order valence-corrected chi connectivity index (χ4v) is 2.73. The molecule has 0 fully saturated rings. The molecule has 0 radical (unpaired) electrons. The number of anilines is 1. The molecule has 1 aromatic carbocycles. The van der Waals surface area contributed by atoms with Crippen molar-refractivity contribution in [3.8, 4) is 5.75 Å². The van der Waals surface area contributed by atoms with Crippen LogP contribution in [0.15, 0.2) is 41.3 Å². The van der Waals surface area contributed by atoms with Crippen LogP contribution in [0.3, 0.4) is 0 Å². The molecule has 2 N–H and O–H groups in total. The van der Waals surface area contributed by atoms with Crippen LogP contribution in [0.2, 0.25) is 5.02 Å². The van der Waals surface area contributed by atoms with Gasteiger partial charge in [-0.1, -0.05) is 11.6 Å². The lowest BCUT2D eigenvalue weighted by Crippen LogP contribution is -2.24. The van der Waals surface area contributed by atoms with Gasteiger partial charge in [0.25, 0.3) is 5.91 Å². The molecule has 25 heavy (non-hydrogen) atoms. The fourth-order valence-electron chi connectivity index (χ4n) is 2.56. The zero-order valence-corrected chi connectivity index (χ0v) is 14.5. The highest BCUT2D eigenvalue weighted by Gasteiger charge is 2.17. The lowest BCUT2D eigenvalue weighted by atomic mass is 10.1. The summed E-state index contributed by atoms with van der Waals surface area (Å²) in [5.41, 5.74) is 1.09. The van der Waals surface area contributed by atoms with E-state index in [1.165, 1.54) is 24.4 Å². The molecule has 0 aliphatic rings. The first-order chi connectivity index (χ1) is 11.9. The van der Waals surface area contributed by atoms with E-state index in [2.05, 4.69) is 10.3 Å². The van der Waals surface area contributed by atoms with E-state index >= 15 is 0 Å². The molecule has 6 nitrogen and oxygen atoms in total. The molecule has 0 saturated heterocycles. The molecular formula is C18H16ClN3O3. The Kier molecular flexibility index (Phi) is 4.46. The summed E-state index contributed by atoms with van der Waals surface area (Å²) < 4.78 is 1.75. The number of rotatable bonds is 3. The van der Waals surface area contributed by atoms with E-state index in [0.717, 1.165) is 5.69 Å². The fraction of sp³-hybridized carbons (Fsp3) is 0.167. The van der Waals surface area contributed by atoms with Crippen LogP contribution in [-0.4, -0.2) is 20.6 Å². The average Bonchev–Trinajstić information content (AvgIpc) is 2.57. The number of aromatic nitrogens is 2. The predicted molar refractivity (Wildman–Crippen MR) is 97.5 cm³/mol. The minimum atomic E-state index is -0.604. The van der Waals surface area contributed by atoms with E-state index in [1.54, 1.807) is 16.7 Å². The van der Waals surface area contributed by atoms with Gasteiger partial charge in [-0.2, -0.15) is 0 Å². The number of phenols is 1. The number of nitrogens with zero attached hydrogens (tertiary/aromatic N) is 2. The number of aromatic hydroxyl groups is 1. The van der Waals surface area contributed by atoms with Crippen molar-refractivity contribution >= 4 is 34.2 Å². The molecule has 7 heteroatoms. The van der Waals surface area contributed by atoms with Gasteiger partial charge in [-0.05, 0) is 38.1 Å². The molecule has 128 valence electrons. The van der Waals surface area contributed by atoms with Crippen LogP contribution >= 0.6 is 11.6 Å². The molecule has 3 rings (SSSR count). The number of nitrogens with one attached hydrogen (secondary N) is 1. The highest BCUT2D eigenvalue weighted by molar-refractivity contribution is 6.30. The molecular weight excluding hydrogens is 342 g/mol. The topological polar surface area (TPSA) is 84.2 Å². The maximum absolute atomic E-state index is 12.7. The summed E-state index contributed by atoms with van der Waals surface area (Å²) in [6.07, 6.45) is 1.49. The van der Waals surface area contributed by atoms with Gasteiger partial charge < -0.3 is 15.0 Å². The predicted octanol–water partition coefficient (Wildman–Crippen LogP) is 3.34. The van der Waals surface area contributed by atoms with E-state index in [4.69, 9.17) is 11.6 Å². The molecule has 0 unspecified atom stereocenters.